The zero-order valence-corrected chi connectivity index (χ0v) is 14.7. The summed E-state index contributed by atoms with van der Waals surface area (Å²) in [5.41, 5.74) is 0.959. The zero-order chi connectivity index (χ0) is 17.5. The number of benzene rings is 2. The summed E-state index contributed by atoms with van der Waals surface area (Å²) >= 11 is 3.16. The van der Waals surface area contributed by atoms with E-state index in [4.69, 9.17) is 4.74 Å². The molecule has 0 aliphatic rings. The zero-order valence-electron chi connectivity index (χ0n) is 13.1. The molecule has 0 fully saturated rings. The molecule has 0 radical (unpaired) electrons. The van der Waals surface area contributed by atoms with Crippen LogP contribution < -0.4 is 10.1 Å². The Labute approximate surface area is 148 Å². The lowest BCUT2D eigenvalue weighted by atomic mass is 10.0. The van der Waals surface area contributed by atoms with Crippen molar-refractivity contribution in [1.29, 1.82) is 0 Å². The molecule has 0 aliphatic carbocycles. The molecule has 0 aliphatic heterocycles. The molecule has 2 rings (SSSR count). The third-order valence-corrected chi connectivity index (χ3v) is 3.98. The van der Waals surface area contributed by atoms with Gasteiger partial charge < -0.3 is 10.1 Å². The maximum atomic E-state index is 13.0. The summed E-state index contributed by atoms with van der Waals surface area (Å²) in [7, 11) is 0. The summed E-state index contributed by atoms with van der Waals surface area (Å²) in [6, 6.07) is 12.8. The fraction of sp³-hybridized carbons (Fsp3) is 0.222. The van der Waals surface area contributed by atoms with Crippen molar-refractivity contribution >= 4 is 27.6 Å². The number of rotatable bonds is 7. The first-order valence-corrected chi connectivity index (χ1v) is 8.16. The number of halogens is 2. The first-order valence-electron chi connectivity index (χ1n) is 7.37. The van der Waals surface area contributed by atoms with E-state index in [-0.39, 0.29) is 12.4 Å². The second-order valence-corrected chi connectivity index (χ2v) is 6.14. The van der Waals surface area contributed by atoms with Crippen LogP contribution >= 0.6 is 15.9 Å². The number of amides is 1. The van der Waals surface area contributed by atoms with Gasteiger partial charge in [0.1, 0.15) is 11.6 Å². The van der Waals surface area contributed by atoms with Gasteiger partial charge in [-0.25, -0.2) is 4.39 Å². The normalized spacial score (nSPS) is 11.6. The maximum absolute atomic E-state index is 13.0. The van der Waals surface area contributed by atoms with Gasteiger partial charge in [-0.15, -0.1) is 0 Å². The van der Waals surface area contributed by atoms with Crippen molar-refractivity contribution in [3.63, 3.8) is 0 Å². The predicted octanol–water partition coefficient (Wildman–Crippen LogP) is 3.28. The molecule has 0 aromatic heterocycles. The Morgan fingerprint density at radius 2 is 1.92 bits per heavy atom. The van der Waals surface area contributed by atoms with Crippen molar-refractivity contribution in [3.8, 4) is 5.75 Å². The lowest BCUT2D eigenvalue weighted by molar-refractivity contribution is -0.128. The lowest BCUT2D eigenvalue weighted by Crippen LogP contribution is -2.43. The number of hydrogen-bond acceptors (Lipinski definition) is 3. The number of Topliss-reactive ketones (excluding diaryl/α,β-unsaturated/α-hetero) is 1. The van der Waals surface area contributed by atoms with Gasteiger partial charge in [-0.05, 0) is 53.0 Å². The third kappa shape index (κ3) is 5.45. The van der Waals surface area contributed by atoms with Crippen LogP contribution in [-0.4, -0.2) is 24.3 Å². The molecular formula is C18H17BrFNO3. The Balaban J connectivity index is 1.92. The highest BCUT2D eigenvalue weighted by Crippen LogP contribution is 2.25. The van der Waals surface area contributed by atoms with Gasteiger partial charge >= 0.3 is 0 Å². The molecule has 0 bridgehead atoms. The number of ether oxygens (including phenoxy) is 1. The van der Waals surface area contributed by atoms with Crippen LogP contribution in [0.4, 0.5) is 4.39 Å². The summed E-state index contributed by atoms with van der Waals surface area (Å²) in [6.45, 7) is 1.17. The summed E-state index contributed by atoms with van der Waals surface area (Å²) in [6.07, 6.45) is 0.419. The van der Waals surface area contributed by atoms with E-state index in [0.717, 1.165) is 5.56 Å². The minimum absolute atomic E-state index is 0.129. The van der Waals surface area contributed by atoms with Gasteiger partial charge in [-0.2, -0.15) is 0 Å². The minimum Gasteiger partial charge on any atom is -0.483 e. The molecule has 2 aromatic carbocycles. The molecule has 0 saturated heterocycles. The molecule has 4 nitrogen and oxygen atoms in total. The minimum atomic E-state index is -0.611. The molecule has 126 valence electrons. The average molecular weight is 394 g/mol. The van der Waals surface area contributed by atoms with E-state index in [1.54, 1.807) is 0 Å². The van der Waals surface area contributed by atoms with E-state index in [0.29, 0.717) is 16.6 Å². The van der Waals surface area contributed by atoms with E-state index in [9.17, 15) is 14.0 Å². The molecule has 0 spiro atoms. The van der Waals surface area contributed by atoms with E-state index in [1.807, 2.05) is 30.3 Å². The van der Waals surface area contributed by atoms with Crippen LogP contribution in [0.3, 0.4) is 0 Å². The molecular weight excluding hydrogens is 377 g/mol. The topological polar surface area (TPSA) is 55.4 Å². The summed E-state index contributed by atoms with van der Waals surface area (Å²) in [4.78, 5) is 23.8. The molecule has 24 heavy (non-hydrogen) atoms. The van der Waals surface area contributed by atoms with E-state index in [2.05, 4.69) is 21.2 Å². The van der Waals surface area contributed by atoms with Crippen LogP contribution in [0.5, 0.6) is 5.75 Å². The highest BCUT2D eigenvalue weighted by atomic mass is 79.9. The van der Waals surface area contributed by atoms with Crippen LogP contribution in [0.2, 0.25) is 0 Å². The van der Waals surface area contributed by atoms with Gasteiger partial charge in [0, 0.05) is 0 Å². The van der Waals surface area contributed by atoms with Crippen molar-refractivity contribution in [2.24, 2.45) is 0 Å². The van der Waals surface area contributed by atoms with Crippen LogP contribution in [0, 0.1) is 5.82 Å². The van der Waals surface area contributed by atoms with Gasteiger partial charge in [0.25, 0.3) is 5.91 Å². The van der Waals surface area contributed by atoms with E-state index < -0.39 is 17.8 Å². The second kappa shape index (κ2) is 8.59. The number of carbonyl (C=O) groups is 2. The molecule has 1 amide bonds. The van der Waals surface area contributed by atoms with Gasteiger partial charge in [0.05, 0.1) is 10.5 Å². The molecule has 0 saturated carbocycles. The first-order chi connectivity index (χ1) is 11.5. The Morgan fingerprint density at radius 3 is 2.54 bits per heavy atom. The molecule has 1 N–H and O–H groups in total. The highest BCUT2D eigenvalue weighted by molar-refractivity contribution is 9.10. The molecule has 1 atom stereocenters. The van der Waals surface area contributed by atoms with E-state index in [1.165, 1.54) is 25.1 Å². The quantitative estimate of drug-likeness (QED) is 0.784. The highest BCUT2D eigenvalue weighted by Gasteiger charge is 2.18. The average Bonchev–Trinajstić information content (AvgIpc) is 2.54. The van der Waals surface area contributed by atoms with Gasteiger partial charge in [0.2, 0.25) is 0 Å². The summed E-state index contributed by atoms with van der Waals surface area (Å²) in [5, 5.41) is 2.66. The first kappa shape index (κ1) is 18.1. The van der Waals surface area contributed by atoms with Gasteiger partial charge in [-0.3, -0.25) is 9.59 Å². The van der Waals surface area contributed by atoms with E-state index >= 15 is 0 Å². The van der Waals surface area contributed by atoms with Crippen LogP contribution in [0.25, 0.3) is 0 Å². The van der Waals surface area contributed by atoms with Crippen molar-refractivity contribution in [2.75, 3.05) is 6.61 Å². The van der Waals surface area contributed by atoms with Crippen molar-refractivity contribution in [2.45, 2.75) is 19.4 Å². The summed E-state index contributed by atoms with van der Waals surface area (Å²) in [5.74, 6) is -0.593. The molecule has 0 heterocycles. The Kier molecular flexibility index (Phi) is 6.49. The standard InChI is InChI=1S/C18H17BrFNO3/c1-12(22)16(9-13-5-3-2-4-6-13)21-18(23)11-24-17-8-7-14(20)10-15(17)19/h2-8,10,16H,9,11H2,1H3,(H,21,23)/t16-/m1/s1. The smallest absolute Gasteiger partial charge is 0.258 e. The monoisotopic (exact) mass is 393 g/mol. The SMILES string of the molecule is CC(=O)[C@@H](Cc1ccccc1)NC(=O)COc1ccc(F)cc1Br. The summed E-state index contributed by atoms with van der Waals surface area (Å²) < 4.78 is 18.8. The lowest BCUT2D eigenvalue weighted by Gasteiger charge is -2.16. The number of hydrogen-bond donors (Lipinski definition) is 1. The van der Waals surface area contributed by atoms with Crippen molar-refractivity contribution < 1.29 is 18.7 Å². The molecule has 6 heteroatoms. The van der Waals surface area contributed by atoms with Crippen LogP contribution in [-0.2, 0) is 16.0 Å². The fourth-order valence-corrected chi connectivity index (χ4v) is 2.58. The maximum Gasteiger partial charge on any atom is 0.258 e. The Hall–Kier alpha value is -2.21. The van der Waals surface area contributed by atoms with Crippen LogP contribution in [0.1, 0.15) is 12.5 Å². The third-order valence-electron chi connectivity index (χ3n) is 3.36. The number of nitrogens with one attached hydrogen (secondary N) is 1. The second-order valence-electron chi connectivity index (χ2n) is 5.28. The Morgan fingerprint density at radius 1 is 1.21 bits per heavy atom. The van der Waals surface area contributed by atoms with Crippen molar-refractivity contribution in [3.05, 3.63) is 64.4 Å². The van der Waals surface area contributed by atoms with Gasteiger partial charge in [0.15, 0.2) is 12.4 Å². The Bertz CT molecular complexity index is 721. The number of ketones is 1. The largest absolute Gasteiger partial charge is 0.483 e. The van der Waals surface area contributed by atoms with Crippen molar-refractivity contribution in [1.82, 2.24) is 5.32 Å². The molecule has 0 unspecified atom stereocenters. The fourth-order valence-electron chi connectivity index (χ4n) is 2.12. The van der Waals surface area contributed by atoms with Crippen LogP contribution in [0.15, 0.2) is 53.0 Å². The van der Waals surface area contributed by atoms with Gasteiger partial charge in [-0.1, -0.05) is 30.3 Å². The number of carbonyl (C=O) groups excluding carboxylic acids is 2. The molecule has 2 aromatic rings. The predicted molar refractivity (Wildman–Crippen MR) is 92.4 cm³/mol.